The van der Waals surface area contributed by atoms with Gasteiger partial charge in [0.15, 0.2) is 0 Å². The Kier molecular flexibility index (Phi) is 4.65. The third-order valence-corrected chi connectivity index (χ3v) is 2.59. The second-order valence-corrected chi connectivity index (χ2v) is 4.13. The molecule has 0 aromatic heterocycles. The first-order valence-corrected chi connectivity index (χ1v) is 6.06. The molecular weight excluding hydrogens is 264 g/mol. The van der Waals surface area contributed by atoms with Gasteiger partial charge in [0.25, 0.3) is 0 Å². The summed E-state index contributed by atoms with van der Waals surface area (Å²) in [5, 5.41) is 2.22. The van der Waals surface area contributed by atoms with Crippen molar-refractivity contribution in [2.75, 3.05) is 11.9 Å². The Morgan fingerprint density at radius 1 is 1.30 bits per heavy atom. The van der Waals surface area contributed by atoms with Crippen molar-refractivity contribution >= 4 is 11.8 Å². The normalized spacial score (nSPS) is 13.6. The molecule has 0 saturated carbocycles. The molecular formula is C15H13F2NO2. The highest BCUT2D eigenvalue weighted by Gasteiger charge is 2.09. The molecule has 3 nitrogen and oxygen atoms in total. The zero-order chi connectivity index (χ0) is 14.4. The van der Waals surface area contributed by atoms with Gasteiger partial charge >= 0.3 is 6.09 Å². The van der Waals surface area contributed by atoms with Crippen LogP contribution in [-0.4, -0.2) is 12.7 Å². The molecule has 0 saturated heterocycles. The summed E-state index contributed by atoms with van der Waals surface area (Å²) in [6, 6.07) is 2.89. The molecule has 1 aromatic carbocycles. The van der Waals surface area contributed by atoms with Crippen molar-refractivity contribution in [3.63, 3.8) is 0 Å². The maximum atomic E-state index is 13.3. The summed E-state index contributed by atoms with van der Waals surface area (Å²) in [4.78, 5) is 11.5. The van der Waals surface area contributed by atoms with E-state index in [1.807, 2.05) is 30.4 Å². The highest BCUT2D eigenvalue weighted by molar-refractivity contribution is 5.84. The zero-order valence-electron chi connectivity index (χ0n) is 10.6. The minimum absolute atomic E-state index is 0.0789. The molecule has 104 valence electrons. The van der Waals surface area contributed by atoms with Crippen molar-refractivity contribution in [3.05, 3.63) is 65.8 Å². The van der Waals surface area contributed by atoms with Crippen molar-refractivity contribution in [2.45, 2.75) is 6.42 Å². The molecule has 1 aliphatic carbocycles. The van der Waals surface area contributed by atoms with Crippen molar-refractivity contribution < 1.29 is 18.3 Å². The predicted molar refractivity (Wildman–Crippen MR) is 72.3 cm³/mol. The van der Waals surface area contributed by atoms with Gasteiger partial charge in [-0.2, -0.15) is 0 Å². The van der Waals surface area contributed by atoms with Crippen molar-refractivity contribution in [3.8, 4) is 0 Å². The van der Waals surface area contributed by atoms with Gasteiger partial charge in [0.1, 0.15) is 18.2 Å². The van der Waals surface area contributed by atoms with Crippen LogP contribution in [0.4, 0.5) is 19.3 Å². The fourth-order valence-electron chi connectivity index (χ4n) is 1.61. The van der Waals surface area contributed by atoms with Crippen LogP contribution in [0, 0.1) is 11.6 Å². The van der Waals surface area contributed by atoms with Gasteiger partial charge in [-0.05, 0) is 24.1 Å². The smallest absolute Gasteiger partial charge is 0.412 e. The number of allylic oxidation sites excluding steroid dienone is 4. The molecule has 1 amide bonds. The summed E-state index contributed by atoms with van der Waals surface area (Å²) in [5.74, 6) is -1.56. The minimum Gasteiger partial charge on any atom is -0.444 e. The third-order valence-electron chi connectivity index (χ3n) is 2.59. The summed E-state index contributed by atoms with van der Waals surface area (Å²) in [6.07, 6.45) is 9.50. The lowest BCUT2D eigenvalue weighted by atomic mass is 10.2. The summed E-state index contributed by atoms with van der Waals surface area (Å²) >= 11 is 0. The average Bonchev–Trinajstić information content (AvgIpc) is 2.68. The Balaban J connectivity index is 1.89. The van der Waals surface area contributed by atoms with Gasteiger partial charge in [-0.1, -0.05) is 30.4 Å². The first kappa shape index (κ1) is 14.0. The Morgan fingerprint density at radius 3 is 2.95 bits per heavy atom. The van der Waals surface area contributed by atoms with Crippen LogP contribution < -0.4 is 5.32 Å². The fourth-order valence-corrected chi connectivity index (χ4v) is 1.61. The van der Waals surface area contributed by atoms with Crippen LogP contribution in [0.2, 0.25) is 0 Å². The third kappa shape index (κ3) is 4.05. The fraction of sp³-hybridized carbons (Fsp3) is 0.133. The van der Waals surface area contributed by atoms with Crippen LogP contribution in [0.25, 0.3) is 0 Å². The van der Waals surface area contributed by atoms with E-state index in [0.717, 1.165) is 24.1 Å². The highest BCUT2D eigenvalue weighted by Crippen LogP contribution is 2.15. The first-order chi connectivity index (χ1) is 9.65. The van der Waals surface area contributed by atoms with E-state index in [4.69, 9.17) is 4.74 Å². The molecule has 20 heavy (non-hydrogen) atoms. The molecule has 5 heteroatoms. The molecule has 1 aliphatic rings. The lowest BCUT2D eigenvalue weighted by molar-refractivity contribution is 0.172. The number of benzene rings is 1. The molecule has 1 N–H and O–H groups in total. The van der Waals surface area contributed by atoms with Gasteiger partial charge in [0.2, 0.25) is 0 Å². The molecule has 0 unspecified atom stereocenters. The quantitative estimate of drug-likeness (QED) is 0.908. The van der Waals surface area contributed by atoms with Gasteiger partial charge in [-0.25, -0.2) is 13.6 Å². The summed E-state index contributed by atoms with van der Waals surface area (Å²) < 4.78 is 31.0. The number of rotatable bonds is 3. The van der Waals surface area contributed by atoms with E-state index in [-0.39, 0.29) is 12.3 Å². The average molecular weight is 277 g/mol. The Labute approximate surface area is 115 Å². The van der Waals surface area contributed by atoms with Gasteiger partial charge in [-0.15, -0.1) is 0 Å². The number of nitrogens with one attached hydrogen (secondary N) is 1. The Morgan fingerprint density at radius 2 is 2.15 bits per heavy atom. The van der Waals surface area contributed by atoms with Crippen LogP contribution in [0.5, 0.6) is 0 Å². The van der Waals surface area contributed by atoms with E-state index in [9.17, 15) is 13.6 Å². The van der Waals surface area contributed by atoms with Crippen LogP contribution in [-0.2, 0) is 4.74 Å². The molecule has 1 aromatic rings. The monoisotopic (exact) mass is 277 g/mol. The maximum Gasteiger partial charge on any atom is 0.412 e. The molecule has 0 bridgehead atoms. The number of carbonyl (C=O) groups excluding carboxylic acids is 1. The number of anilines is 1. The largest absolute Gasteiger partial charge is 0.444 e. The number of amides is 1. The lowest BCUT2D eigenvalue weighted by Crippen LogP contribution is -2.15. The second kappa shape index (κ2) is 6.65. The molecule has 0 fully saturated rings. The van der Waals surface area contributed by atoms with Crippen molar-refractivity contribution in [1.29, 1.82) is 0 Å². The van der Waals surface area contributed by atoms with Gasteiger partial charge in [-0.3, -0.25) is 5.32 Å². The van der Waals surface area contributed by atoms with E-state index in [1.54, 1.807) is 0 Å². The first-order valence-electron chi connectivity index (χ1n) is 6.06. The van der Waals surface area contributed by atoms with Crippen molar-refractivity contribution in [1.82, 2.24) is 0 Å². The minimum atomic E-state index is -0.849. The van der Waals surface area contributed by atoms with Crippen molar-refractivity contribution in [2.24, 2.45) is 0 Å². The lowest BCUT2D eigenvalue weighted by Gasteiger charge is -2.08. The number of halogens is 2. The number of ether oxygens (including phenoxy) is 1. The van der Waals surface area contributed by atoms with E-state index in [2.05, 4.69) is 5.32 Å². The van der Waals surface area contributed by atoms with Gasteiger partial charge in [0.05, 0.1) is 5.69 Å². The summed E-state index contributed by atoms with van der Waals surface area (Å²) in [7, 11) is 0. The highest BCUT2D eigenvalue weighted by atomic mass is 19.1. The van der Waals surface area contributed by atoms with Crippen LogP contribution in [0.1, 0.15) is 6.42 Å². The molecule has 0 aliphatic heterocycles. The summed E-state index contributed by atoms with van der Waals surface area (Å²) in [6.45, 7) is 0.0789. The Bertz CT molecular complexity index is 592. The molecule has 2 rings (SSSR count). The van der Waals surface area contributed by atoms with Gasteiger partial charge < -0.3 is 4.74 Å². The van der Waals surface area contributed by atoms with Gasteiger partial charge in [0, 0.05) is 6.07 Å². The molecule has 0 spiro atoms. The Hall–Kier alpha value is -2.43. The van der Waals surface area contributed by atoms with Crippen LogP contribution in [0.3, 0.4) is 0 Å². The number of carbonyl (C=O) groups is 1. The second-order valence-electron chi connectivity index (χ2n) is 4.13. The maximum absolute atomic E-state index is 13.3. The van der Waals surface area contributed by atoms with E-state index < -0.39 is 17.7 Å². The standard InChI is InChI=1S/C15H13F2NO2/c16-12-7-8-14(13(17)9-12)18-15(19)20-10-11-5-3-1-2-4-6-11/h1,3-9H,2,10H2,(H,18,19). The zero-order valence-corrected chi connectivity index (χ0v) is 10.6. The van der Waals surface area contributed by atoms with E-state index in [0.29, 0.717) is 6.07 Å². The van der Waals surface area contributed by atoms with Crippen LogP contribution in [0.15, 0.2) is 54.2 Å². The predicted octanol–water partition coefficient (Wildman–Crippen LogP) is 3.96. The van der Waals surface area contributed by atoms with E-state index >= 15 is 0 Å². The number of hydrogen-bond acceptors (Lipinski definition) is 2. The summed E-state index contributed by atoms with van der Waals surface area (Å²) in [5.41, 5.74) is 0.704. The van der Waals surface area contributed by atoms with E-state index in [1.165, 1.54) is 0 Å². The number of hydrogen-bond donors (Lipinski definition) is 1. The SMILES string of the molecule is O=C(Nc1ccc(F)cc1F)OCC1=CC=CCC=C1. The topological polar surface area (TPSA) is 38.3 Å². The molecule has 0 radical (unpaired) electrons. The molecule has 0 atom stereocenters. The van der Waals surface area contributed by atoms with Crippen LogP contribution >= 0.6 is 0 Å². The molecule has 0 heterocycles.